The number of piperazine rings is 1. The molecule has 1 N–H and O–H groups in total. The number of benzene rings is 1. The zero-order valence-corrected chi connectivity index (χ0v) is 15.6. The molecule has 0 saturated carbocycles. The fourth-order valence-electron chi connectivity index (χ4n) is 3.02. The van der Waals surface area contributed by atoms with Gasteiger partial charge in [-0.15, -0.1) is 10.2 Å². The van der Waals surface area contributed by atoms with Crippen LogP contribution in [0.15, 0.2) is 54.9 Å². The Morgan fingerprint density at radius 2 is 1.64 bits per heavy atom. The van der Waals surface area contributed by atoms with E-state index >= 15 is 0 Å². The molecule has 1 aliphatic heterocycles. The Morgan fingerprint density at radius 3 is 2.29 bits per heavy atom. The Morgan fingerprint density at radius 1 is 0.929 bits per heavy atom. The summed E-state index contributed by atoms with van der Waals surface area (Å²) in [5.41, 5.74) is 2.47. The Hall–Kier alpha value is -3.55. The number of aromatic nitrogens is 4. The molecule has 1 saturated heterocycles. The van der Waals surface area contributed by atoms with Crippen molar-refractivity contribution < 1.29 is 4.79 Å². The molecule has 8 heteroatoms. The average molecular weight is 375 g/mol. The van der Waals surface area contributed by atoms with E-state index in [9.17, 15) is 4.79 Å². The Labute approximate surface area is 163 Å². The minimum Gasteiger partial charge on any atom is -0.339 e. The molecule has 3 heterocycles. The summed E-state index contributed by atoms with van der Waals surface area (Å²) in [6, 6.07) is 13.3. The summed E-state index contributed by atoms with van der Waals surface area (Å²) in [5.74, 6) is 1.19. The van der Waals surface area contributed by atoms with Crippen LogP contribution in [0, 0.1) is 6.92 Å². The normalized spacial score (nSPS) is 14.0. The van der Waals surface area contributed by atoms with E-state index in [1.807, 2.05) is 31.2 Å². The molecule has 8 nitrogen and oxygen atoms in total. The van der Waals surface area contributed by atoms with Gasteiger partial charge in [-0.2, -0.15) is 0 Å². The lowest BCUT2D eigenvalue weighted by Gasteiger charge is -2.34. The fraction of sp³-hybridized carbons (Fsp3) is 0.250. The summed E-state index contributed by atoms with van der Waals surface area (Å²) >= 11 is 0. The molecule has 3 aromatic rings. The van der Waals surface area contributed by atoms with E-state index in [2.05, 4.69) is 30.4 Å². The van der Waals surface area contributed by atoms with Crippen molar-refractivity contribution in [2.75, 3.05) is 36.4 Å². The van der Waals surface area contributed by atoms with Gasteiger partial charge in [0.1, 0.15) is 0 Å². The molecule has 0 aliphatic carbocycles. The summed E-state index contributed by atoms with van der Waals surface area (Å²) in [7, 11) is 0. The Kier molecular flexibility index (Phi) is 5.09. The van der Waals surface area contributed by atoms with Crippen LogP contribution in [-0.4, -0.2) is 57.2 Å². The Bertz CT molecular complexity index is 921. The molecule has 0 radical (unpaired) electrons. The molecular weight excluding hydrogens is 354 g/mol. The van der Waals surface area contributed by atoms with Crippen molar-refractivity contribution in [3.8, 4) is 0 Å². The molecule has 0 atom stereocenters. The monoisotopic (exact) mass is 375 g/mol. The summed E-state index contributed by atoms with van der Waals surface area (Å²) in [6.07, 6.45) is 3.45. The highest BCUT2D eigenvalue weighted by molar-refractivity contribution is 5.92. The number of hydrogen-bond acceptors (Lipinski definition) is 7. The summed E-state index contributed by atoms with van der Waals surface area (Å²) in [6.45, 7) is 4.62. The lowest BCUT2D eigenvalue weighted by Crippen LogP contribution is -2.49. The highest BCUT2D eigenvalue weighted by Gasteiger charge is 2.24. The van der Waals surface area contributed by atoms with Gasteiger partial charge < -0.3 is 15.1 Å². The maximum Gasteiger partial charge on any atom is 0.274 e. The van der Waals surface area contributed by atoms with Crippen molar-refractivity contribution in [3.63, 3.8) is 0 Å². The van der Waals surface area contributed by atoms with E-state index in [1.54, 1.807) is 35.5 Å². The first kappa shape index (κ1) is 17.8. The minimum atomic E-state index is -0.108. The third-order valence-corrected chi connectivity index (χ3v) is 4.61. The molecule has 4 rings (SSSR count). The van der Waals surface area contributed by atoms with E-state index < -0.39 is 0 Å². The van der Waals surface area contributed by atoms with E-state index in [0.29, 0.717) is 43.6 Å². The predicted octanol–water partition coefficient (Wildman–Crippen LogP) is 2.28. The second kappa shape index (κ2) is 7.99. The van der Waals surface area contributed by atoms with Crippen molar-refractivity contribution in [2.45, 2.75) is 6.92 Å². The van der Waals surface area contributed by atoms with Crippen LogP contribution >= 0.6 is 0 Å². The SMILES string of the molecule is Cc1ccc(Nc2ccc(C(=O)N3CCN(c4ncccn4)CC3)nn2)cc1. The quantitative estimate of drug-likeness (QED) is 0.748. The predicted molar refractivity (Wildman–Crippen MR) is 107 cm³/mol. The van der Waals surface area contributed by atoms with Gasteiger partial charge >= 0.3 is 0 Å². The Balaban J connectivity index is 1.35. The molecule has 2 aromatic heterocycles. The molecule has 28 heavy (non-hydrogen) atoms. The van der Waals surface area contributed by atoms with Crippen molar-refractivity contribution in [1.29, 1.82) is 0 Å². The molecule has 1 amide bonds. The number of rotatable bonds is 4. The summed E-state index contributed by atoms with van der Waals surface area (Å²) in [5, 5.41) is 11.4. The van der Waals surface area contributed by atoms with Crippen molar-refractivity contribution in [2.24, 2.45) is 0 Å². The first-order chi connectivity index (χ1) is 13.7. The number of hydrogen-bond donors (Lipinski definition) is 1. The summed E-state index contributed by atoms with van der Waals surface area (Å²) in [4.78, 5) is 25.1. The van der Waals surface area contributed by atoms with Gasteiger partial charge in [-0.3, -0.25) is 4.79 Å². The second-order valence-corrected chi connectivity index (χ2v) is 6.62. The van der Waals surface area contributed by atoms with Crippen molar-refractivity contribution >= 4 is 23.4 Å². The standard InChI is InChI=1S/C20H21N7O/c1-15-3-5-16(6-4-15)23-18-8-7-17(24-25-18)19(28)26-11-13-27(14-12-26)20-21-9-2-10-22-20/h2-10H,11-14H2,1H3,(H,23,25). The van der Waals surface area contributed by atoms with Crippen LogP contribution in [-0.2, 0) is 0 Å². The number of carbonyl (C=O) groups excluding carboxylic acids is 1. The maximum absolute atomic E-state index is 12.7. The number of amides is 1. The second-order valence-electron chi connectivity index (χ2n) is 6.62. The first-order valence-corrected chi connectivity index (χ1v) is 9.18. The molecule has 0 spiro atoms. The van der Waals surface area contributed by atoms with Crippen LogP contribution < -0.4 is 10.2 Å². The van der Waals surface area contributed by atoms with Crippen LogP contribution in [0.4, 0.5) is 17.5 Å². The number of nitrogens with zero attached hydrogens (tertiary/aromatic N) is 6. The van der Waals surface area contributed by atoms with Crippen LogP contribution in [0.1, 0.15) is 16.1 Å². The lowest BCUT2D eigenvalue weighted by atomic mass is 10.2. The van der Waals surface area contributed by atoms with E-state index in [1.165, 1.54) is 5.56 Å². The molecule has 1 aromatic carbocycles. The highest BCUT2D eigenvalue weighted by Crippen LogP contribution is 2.16. The molecule has 0 unspecified atom stereocenters. The van der Waals surface area contributed by atoms with Gasteiger partial charge in [-0.25, -0.2) is 9.97 Å². The van der Waals surface area contributed by atoms with Gasteiger partial charge in [-0.05, 0) is 37.3 Å². The van der Waals surface area contributed by atoms with Gasteiger partial charge in [0.25, 0.3) is 5.91 Å². The van der Waals surface area contributed by atoms with Crippen LogP contribution in [0.3, 0.4) is 0 Å². The van der Waals surface area contributed by atoms with Crippen molar-refractivity contribution in [1.82, 2.24) is 25.1 Å². The van der Waals surface area contributed by atoms with Gasteiger partial charge in [-0.1, -0.05) is 17.7 Å². The average Bonchev–Trinajstić information content (AvgIpc) is 2.76. The minimum absolute atomic E-state index is 0.108. The maximum atomic E-state index is 12.7. The van der Waals surface area contributed by atoms with E-state index in [-0.39, 0.29) is 5.91 Å². The van der Waals surface area contributed by atoms with Crippen LogP contribution in [0.25, 0.3) is 0 Å². The number of carbonyl (C=O) groups is 1. The molecule has 142 valence electrons. The lowest BCUT2D eigenvalue weighted by molar-refractivity contribution is 0.0739. The highest BCUT2D eigenvalue weighted by atomic mass is 16.2. The van der Waals surface area contributed by atoms with Crippen molar-refractivity contribution in [3.05, 3.63) is 66.1 Å². The molecule has 1 aliphatic rings. The van der Waals surface area contributed by atoms with Crippen LogP contribution in [0.5, 0.6) is 0 Å². The third-order valence-electron chi connectivity index (χ3n) is 4.61. The van der Waals surface area contributed by atoms with E-state index in [0.717, 1.165) is 5.69 Å². The first-order valence-electron chi connectivity index (χ1n) is 9.18. The fourth-order valence-corrected chi connectivity index (χ4v) is 3.02. The zero-order valence-electron chi connectivity index (χ0n) is 15.6. The number of aryl methyl sites for hydroxylation is 1. The number of nitrogens with one attached hydrogen (secondary N) is 1. The smallest absolute Gasteiger partial charge is 0.274 e. The summed E-state index contributed by atoms with van der Waals surface area (Å²) < 4.78 is 0. The zero-order chi connectivity index (χ0) is 19.3. The topological polar surface area (TPSA) is 87.1 Å². The van der Waals surface area contributed by atoms with Crippen LogP contribution in [0.2, 0.25) is 0 Å². The molecule has 1 fully saturated rings. The third kappa shape index (κ3) is 4.06. The van der Waals surface area contributed by atoms with E-state index in [4.69, 9.17) is 0 Å². The van der Waals surface area contributed by atoms with Gasteiger partial charge in [0, 0.05) is 44.3 Å². The van der Waals surface area contributed by atoms with Gasteiger partial charge in [0.2, 0.25) is 5.95 Å². The van der Waals surface area contributed by atoms with Gasteiger partial charge in [0.15, 0.2) is 11.5 Å². The number of anilines is 3. The largest absolute Gasteiger partial charge is 0.339 e. The molecular formula is C20H21N7O. The molecule has 0 bridgehead atoms. The van der Waals surface area contributed by atoms with Gasteiger partial charge in [0.05, 0.1) is 0 Å².